The Labute approximate surface area is 209 Å². The Morgan fingerprint density at radius 2 is 1.28 bits per heavy atom. The summed E-state index contributed by atoms with van der Waals surface area (Å²) < 4.78 is 56.6. The highest BCUT2D eigenvalue weighted by atomic mass is 32.2. The zero-order valence-electron chi connectivity index (χ0n) is 19.1. The van der Waals surface area contributed by atoms with Crippen molar-refractivity contribution in [2.75, 3.05) is 20.9 Å². The number of carbonyl (C=O) groups is 1. The number of fused-ring (bicyclic) bond motifs is 1. The molecule has 0 unspecified atom stereocenters. The van der Waals surface area contributed by atoms with Gasteiger partial charge in [0.15, 0.2) is 0 Å². The van der Waals surface area contributed by atoms with Gasteiger partial charge in [-0.3, -0.25) is 14.2 Å². The molecule has 2 N–H and O–H groups in total. The van der Waals surface area contributed by atoms with E-state index in [1.54, 1.807) is 29.2 Å². The van der Waals surface area contributed by atoms with E-state index in [2.05, 4.69) is 9.44 Å². The molecule has 1 aliphatic rings. The summed E-state index contributed by atoms with van der Waals surface area (Å²) in [6.07, 6.45) is 1.27. The maximum atomic E-state index is 12.9. The lowest BCUT2D eigenvalue weighted by Gasteiger charge is -2.16. The van der Waals surface area contributed by atoms with E-state index in [-0.39, 0.29) is 21.4 Å². The molecule has 0 atom stereocenters. The Bertz CT molecular complexity index is 1650. The fraction of sp³-hybridized carbons (Fsp3) is 0.115. The van der Waals surface area contributed by atoms with Gasteiger partial charge in [0.1, 0.15) is 0 Å². The highest BCUT2D eigenvalue weighted by molar-refractivity contribution is 7.93. The van der Waals surface area contributed by atoms with Crippen molar-refractivity contribution in [2.45, 2.75) is 22.6 Å². The Morgan fingerprint density at radius 3 is 1.94 bits per heavy atom. The first-order chi connectivity index (χ1) is 17.2. The number of nitrogens with one attached hydrogen (secondary N) is 2. The van der Waals surface area contributed by atoms with Crippen molar-refractivity contribution in [3.05, 3.63) is 91.0 Å². The van der Waals surface area contributed by atoms with E-state index < -0.39 is 20.0 Å². The van der Waals surface area contributed by atoms with E-state index in [0.29, 0.717) is 24.3 Å². The van der Waals surface area contributed by atoms with E-state index in [1.165, 1.54) is 36.4 Å². The second-order valence-corrected chi connectivity index (χ2v) is 11.8. The molecule has 4 aromatic carbocycles. The molecule has 5 rings (SSSR count). The lowest BCUT2D eigenvalue weighted by molar-refractivity contribution is -0.117. The van der Waals surface area contributed by atoms with Crippen molar-refractivity contribution in [2.24, 2.45) is 0 Å². The normalized spacial score (nSPS) is 14.2. The summed E-state index contributed by atoms with van der Waals surface area (Å²) in [6, 6.07) is 24.4. The van der Waals surface area contributed by atoms with Gasteiger partial charge in [0.2, 0.25) is 5.91 Å². The minimum atomic E-state index is -3.91. The number of amides is 1. The lowest BCUT2D eigenvalue weighted by Crippen LogP contribution is -2.23. The van der Waals surface area contributed by atoms with Gasteiger partial charge >= 0.3 is 0 Å². The summed E-state index contributed by atoms with van der Waals surface area (Å²) in [5, 5.41) is 1.68. The predicted molar refractivity (Wildman–Crippen MR) is 140 cm³/mol. The molecule has 1 saturated heterocycles. The summed E-state index contributed by atoms with van der Waals surface area (Å²) in [7, 11) is -7.80. The molecule has 1 aliphatic heterocycles. The van der Waals surface area contributed by atoms with Gasteiger partial charge in [-0.1, -0.05) is 36.4 Å². The molecule has 1 amide bonds. The number of carbonyl (C=O) groups excluding carboxylic acids is 1. The summed E-state index contributed by atoms with van der Waals surface area (Å²) in [6.45, 7) is 0.619. The van der Waals surface area contributed by atoms with Crippen molar-refractivity contribution < 1.29 is 21.6 Å². The van der Waals surface area contributed by atoms with Crippen molar-refractivity contribution >= 4 is 53.8 Å². The average Bonchev–Trinajstić information content (AvgIpc) is 3.30. The molecule has 0 aromatic heterocycles. The van der Waals surface area contributed by atoms with Crippen LogP contribution in [0.2, 0.25) is 0 Å². The van der Waals surface area contributed by atoms with Gasteiger partial charge in [-0.15, -0.1) is 0 Å². The van der Waals surface area contributed by atoms with Crippen LogP contribution in [0, 0.1) is 0 Å². The van der Waals surface area contributed by atoms with Crippen LogP contribution in [0.5, 0.6) is 0 Å². The SMILES string of the molecule is O=C1CCCN1c1ccc(S(=O)(=O)Nc2ccc(S(=O)(=O)Nc3cccc4ccccc34)cc2)cc1. The monoisotopic (exact) mass is 521 g/mol. The molecule has 0 saturated carbocycles. The number of benzene rings is 4. The minimum Gasteiger partial charge on any atom is -0.312 e. The third kappa shape index (κ3) is 4.77. The molecule has 4 aromatic rings. The van der Waals surface area contributed by atoms with Crippen LogP contribution < -0.4 is 14.3 Å². The quantitative estimate of drug-likeness (QED) is 0.370. The second-order valence-electron chi connectivity index (χ2n) is 8.40. The van der Waals surface area contributed by atoms with Gasteiger partial charge in [-0.05, 0) is 66.4 Å². The number of sulfonamides is 2. The highest BCUT2D eigenvalue weighted by Gasteiger charge is 2.23. The number of nitrogens with zero attached hydrogens (tertiary/aromatic N) is 1. The van der Waals surface area contributed by atoms with E-state index >= 15 is 0 Å². The third-order valence-corrected chi connectivity index (χ3v) is 8.76. The molecule has 8 nitrogen and oxygen atoms in total. The molecule has 36 heavy (non-hydrogen) atoms. The van der Waals surface area contributed by atoms with Gasteiger partial charge in [0.05, 0.1) is 15.5 Å². The Kier molecular flexibility index (Phi) is 6.15. The number of anilines is 3. The number of hydrogen-bond donors (Lipinski definition) is 2. The molecule has 184 valence electrons. The first-order valence-corrected chi connectivity index (χ1v) is 14.2. The van der Waals surface area contributed by atoms with Crippen LogP contribution in [-0.4, -0.2) is 29.3 Å². The Balaban J connectivity index is 1.31. The van der Waals surface area contributed by atoms with E-state index in [4.69, 9.17) is 0 Å². The summed E-state index contributed by atoms with van der Waals surface area (Å²) in [5.41, 5.74) is 1.33. The molecule has 1 heterocycles. The van der Waals surface area contributed by atoms with Crippen molar-refractivity contribution in [3.8, 4) is 0 Å². The predicted octanol–water partition coefficient (Wildman–Crippen LogP) is 4.57. The third-order valence-electron chi connectivity index (χ3n) is 5.98. The van der Waals surface area contributed by atoms with E-state index in [0.717, 1.165) is 17.2 Å². The second kappa shape index (κ2) is 9.29. The van der Waals surface area contributed by atoms with Crippen LogP contribution in [-0.2, 0) is 24.8 Å². The molecule has 0 bridgehead atoms. The minimum absolute atomic E-state index is 0.00184. The van der Waals surface area contributed by atoms with Crippen LogP contribution >= 0.6 is 0 Å². The molecule has 0 aliphatic carbocycles. The first-order valence-electron chi connectivity index (χ1n) is 11.3. The molecule has 1 fully saturated rings. The van der Waals surface area contributed by atoms with Crippen LogP contribution in [0.4, 0.5) is 17.1 Å². The molecular formula is C26H23N3O5S2. The lowest BCUT2D eigenvalue weighted by atomic mass is 10.1. The average molecular weight is 522 g/mol. The van der Waals surface area contributed by atoms with Crippen molar-refractivity contribution in [1.82, 2.24) is 0 Å². The maximum Gasteiger partial charge on any atom is 0.261 e. The van der Waals surface area contributed by atoms with Gasteiger partial charge in [0.25, 0.3) is 20.0 Å². The van der Waals surface area contributed by atoms with Gasteiger partial charge in [-0.2, -0.15) is 0 Å². The fourth-order valence-electron chi connectivity index (χ4n) is 4.16. The first kappa shape index (κ1) is 23.8. The Hall–Kier alpha value is -3.89. The number of hydrogen-bond acceptors (Lipinski definition) is 5. The summed E-state index contributed by atoms with van der Waals surface area (Å²) in [4.78, 5) is 13.6. The smallest absolute Gasteiger partial charge is 0.261 e. The molecule has 10 heteroatoms. The summed E-state index contributed by atoms with van der Waals surface area (Å²) >= 11 is 0. The van der Waals surface area contributed by atoms with Crippen molar-refractivity contribution in [3.63, 3.8) is 0 Å². The van der Waals surface area contributed by atoms with Crippen molar-refractivity contribution in [1.29, 1.82) is 0 Å². The van der Waals surface area contributed by atoms with Gasteiger partial charge in [-0.25, -0.2) is 16.8 Å². The van der Waals surface area contributed by atoms with Gasteiger partial charge in [0, 0.05) is 29.7 Å². The zero-order chi connectivity index (χ0) is 25.3. The summed E-state index contributed by atoms with van der Waals surface area (Å²) in [5.74, 6) is 0.0220. The Morgan fingerprint density at radius 1 is 0.667 bits per heavy atom. The van der Waals surface area contributed by atoms with Crippen LogP contribution in [0.15, 0.2) is 101 Å². The molecule has 0 radical (unpaired) electrons. The highest BCUT2D eigenvalue weighted by Crippen LogP contribution is 2.27. The molecule has 0 spiro atoms. The maximum absolute atomic E-state index is 12.9. The van der Waals surface area contributed by atoms with E-state index in [1.807, 2.05) is 30.3 Å². The van der Waals surface area contributed by atoms with Crippen LogP contribution in [0.1, 0.15) is 12.8 Å². The largest absolute Gasteiger partial charge is 0.312 e. The topological polar surface area (TPSA) is 113 Å². The standard InChI is InChI=1S/C26H23N3O5S2/c30-26-9-4-18-29(26)21-12-16-23(17-13-21)35(31,32)27-20-10-14-22(15-11-20)36(33,34)28-25-8-3-6-19-5-1-2-7-24(19)25/h1-3,5-8,10-17,27-28H,4,9,18H2. The van der Waals surface area contributed by atoms with E-state index in [9.17, 15) is 21.6 Å². The fourth-order valence-corrected chi connectivity index (χ4v) is 6.30. The number of rotatable bonds is 7. The van der Waals surface area contributed by atoms with Crippen LogP contribution in [0.25, 0.3) is 10.8 Å². The van der Waals surface area contributed by atoms with Gasteiger partial charge < -0.3 is 4.90 Å². The zero-order valence-corrected chi connectivity index (χ0v) is 20.7. The molecular weight excluding hydrogens is 498 g/mol. The van der Waals surface area contributed by atoms with Crippen LogP contribution in [0.3, 0.4) is 0 Å².